The van der Waals surface area contributed by atoms with Crippen LogP contribution in [0.5, 0.6) is 0 Å². The van der Waals surface area contributed by atoms with E-state index in [0.29, 0.717) is 9.75 Å². The summed E-state index contributed by atoms with van der Waals surface area (Å²) in [5, 5.41) is 8.62. The summed E-state index contributed by atoms with van der Waals surface area (Å²) >= 11 is 1.21. The van der Waals surface area contributed by atoms with Crippen LogP contribution in [-0.2, 0) is 9.59 Å². The van der Waals surface area contributed by atoms with Crippen LogP contribution in [-0.4, -0.2) is 60.4 Å². The maximum Gasteiger partial charge on any atom is 0.328 e. The van der Waals surface area contributed by atoms with Crippen molar-refractivity contribution in [3.05, 3.63) is 27.5 Å². The van der Waals surface area contributed by atoms with Crippen molar-refractivity contribution in [1.29, 1.82) is 0 Å². The molecule has 114 valence electrons. The van der Waals surface area contributed by atoms with Crippen LogP contribution in [0.3, 0.4) is 0 Å². The molecule has 21 heavy (non-hydrogen) atoms. The zero-order chi connectivity index (χ0) is 16.2. The molecular weight excluding hydrogens is 292 g/mol. The van der Waals surface area contributed by atoms with E-state index in [1.54, 1.807) is 34.1 Å². The van der Waals surface area contributed by atoms with Crippen LogP contribution in [0.25, 0.3) is 6.08 Å². The summed E-state index contributed by atoms with van der Waals surface area (Å²) in [6, 6.07) is 1.70. The molecule has 7 heteroatoms. The minimum atomic E-state index is -1.04. The normalized spacial score (nSPS) is 10.7. The summed E-state index contributed by atoms with van der Waals surface area (Å²) in [5.41, 5.74) is 0.827. The minimum Gasteiger partial charge on any atom is -0.478 e. The van der Waals surface area contributed by atoms with Crippen molar-refractivity contribution in [2.24, 2.45) is 0 Å². The van der Waals surface area contributed by atoms with E-state index < -0.39 is 5.97 Å². The standard InChI is InChI=1S/C14H18N2O4S/c1-9-7-11(21-10(9)5-6-13(18)19)14(20)16(4)8-12(17)15(2)3/h5-7H,8H2,1-4H3,(H,18,19)/b6-5+. The van der Waals surface area contributed by atoms with E-state index in [0.717, 1.165) is 11.6 Å². The summed E-state index contributed by atoms with van der Waals surface area (Å²) in [5.74, 6) is -1.46. The maximum atomic E-state index is 12.2. The molecule has 0 aromatic carbocycles. The number of hydrogen-bond acceptors (Lipinski definition) is 4. The fourth-order valence-electron chi connectivity index (χ4n) is 1.52. The van der Waals surface area contributed by atoms with Gasteiger partial charge in [-0.2, -0.15) is 0 Å². The molecule has 2 amide bonds. The number of amides is 2. The van der Waals surface area contributed by atoms with Gasteiger partial charge < -0.3 is 14.9 Å². The number of rotatable bonds is 5. The first-order valence-corrected chi connectivity index (χ1v) is 7.01. The Bertz CT molecular complexity index is 590. The molecule has 0 unspecified atom stereocenters. The second-order valence-electron chi connectivity index (χ2n) is 4.78. The number of nitrogens with zero attached hydrogens (tertiary/aromatic N) is 2. The summed E-state index contributed by atoms with van der Waals surface area (Å²) < 4.78 is 0. The van der Waals surface area contributed by atoms with Gasteiger partial charge in [0.1, 0.15) is 0 Å². The molecule has 1 N–H and O–H groups in total. The first-order valence-electron chi connectivity index (χ1n) is 6.19. The molecule has 0 atom stereocenters. The summed E-state index contributed by atoms with van der Waals surface area (Å²) in [4.78, 5) is 38.3. The molecule has 1 rings (SSSR count). The van der Waals surface area contributed by atoms with E-state index in [1.807, 2.05) is 0 Å². The second-order valence-corrected chi connectivity index (χ2v) is 5.86. The fraction of sp³-hybridized carbons (Fsp3) is 0.357. The van der Waals surface area contributed by atoms with E-state index in [-0.39, 0.29) is 18.4 Å². The van der Waals surface area contributed by atoms with Crippen LogP contribution in [0.2, 0.25) is 0 Å². The Hall–Kier alpha value is -2.15. The predicted octanol–water partition coefficient (Wildman–Crippen LogP) is 1.31. The SMILES string of the molecule is Cc1cc(C(=O)N(C)CC(=O)N(C)C)sc1/C=C/C(=O)O. The number of carboxylic acids is 1. The van der Waals surface area contributed by atoms with Gasteiger partial charge in [-0.1, -0.05) is 0 Å². The lowest BCUT2D eigenvalue weighted by Crippen LogP contribution is -2.37. The zero-order valence-electron chi connectivity index (χ0n) is 12.4. The topological polar surface area (TPSA) is 77.9 Å². The number of carbonyl (C=O) groups is 3. The smallest absolute Gasteiger partial charge is 0.328 e. The molecule has 1 aromatic heterocycles. The molecule has 6 nitrogen and oxygen atoms in total. The molecule has 1 aromatic rings. The number of carbonyl (C=O) groups excluding carboxylic acids is 2. The number of carboxylic acid groups (broad SMARTS) is 1. The minimum absolute atomic E-state index is 0.00306. The third kappa shape index (κ3) is 4.71. The van der Waals surface area contributed by atoms with Crippen LogP contribution in [0.1, 0.15) is 20.1 Å². The summed E-state index contributed by atoms with van der Waals surface area (Å²) in [6.07, 6.45) is 2.50. The Labute approximate surface area is 127 Å². The van der Waals surface area contributed by atoms with E-state index in [1.165, 1.54) is 27.2 Å². The lowest BCUT2D eigenvalue weighted by atomic mass is 10.2. The largest absolute Gasteiger partial charge is 0.478 e. The average Bonchev–Trinajstić information content (AvgIpc) is 2.76. The van der Waals surface area contributed by atoms with Gasteiger partial charge in [-0.15, -0.1) is 11.3 Å². The van der Waals surface area contributed by atoms with Crippen molar-refractivity contribution >= 4 is 35.2 Å². The van der Waals surface area contributed by atoms with E-state index in [4.69, 9.17) is 5.11 Å². The third-order valence-electron chi connectivity index (χ3n) is 2.76. The first kappa shape index (κ1) is 16.9. The molecule has 0 spiro atoms. The highest BCUT2D eigenvalue weighted by Crippen LogP contribution is 2.24. The van der Waals surface area contributed by atoms with Gasteiger partial charge in [0.15, 0.2) is 0 Å². The Kier molecular flexibility index (Phi) is 5.66. The molecule has 1 heterocycles. The third-order valence-corrected chi connectivity index (χ3v) is 3.95. The monoisotopic (exact) mass is 310 g/mol. The quantitative estimate of drug-likeness (QED) is 0.832. The molecule has 0 saturated heterocycles. The van der Waals surface area contributed by atoms with Gasteiger partial charge in [-0.05, 0) is 24.6 Å². The Morgan fingerprint density at radius 2 is 1.90 bits per heavy atom. The lowest BCUT2D eigenvalue weighted by molar-refractivity contribution is -0.131. The van der Waals surface area contributed by atoms with Crippen molar-refractivity contribution in [2.45, 2.75) is 6.92 Å². The van der Waals surface area contributed by atoms with Gasteiger partial charge in [-0.3, -0.25) is 9.59 Å². The number of aliphatic carboxylic acids is 1. The predicted molar refractivity (Wildman–Crippen MR) is 81.4 cm³/mol. The second kappa shape index (κ2) is 7.03. The molecule has 0 bridgehead atoms. The maximum absolute atomic E-state index is 12.2. The highest BCUT2D eigenvalue weighted by atomic mass is 32.1. The van der Waals surface area contributed by atoms with E-state index in [9.17, 15) is 14.4 Å². The molecule has 0 radical (unpaired) electrons. The molecule has 0 fully saturated rings. The number of aryl methyl sites for hydroxylation is 1. The molecular formula is C14H18N2O4S. The molecule has 0 aliphatic heterocycles. The Morgan fingerprint density at radius 1 is 1.29 bits per heavy atom. The average molecular weight is 310 g/mol. The van der Waals surface area contributed by atoms with Crippen LogP contribution in [0.15, 0.2) is 12.1 Å². The van der Waals surface area contributed by atoms with Gasteiger partial charge in [0.2, 0.25) is 5.91 Å². The lowest BCUT2D eigenvalue weighted by Gasteiger charge is -2.18. The van der Waals surface area contributed by atoms with Crippen molar-refractivity contribution in [1.82, 2.24) is 9.80 Å². The Balaban J connectivity index is 2.86. The van der Waals surface area contributed by atoms with Crippen molar-refractivity contribution in [3.8, 4) is 0 Å². The number of likely N-dealkylation sites (N-methyl/N-ethyl adjacent to an activating group) is 2. The molecule has 0 aliphatic carbocycles. The van der Waals surface area contributed by atoms with Gasteiger partial charge in [0, 0.05) is 32.1 Å². The molecule has 0 saturated carbocycles. The van der Waals surface area contributed by atoms with Gasteiger partial charge >= 0.3 is 5.97 Å². The van der Waals surface area contributed by atoms with Crippen molar-refractivity contribution < 1.29 is 19.5 Å². The van der Waals surface area contributed by atoms with Crippen LogP contribution in [0.4, 0.5) is 0 Å². The number of hydrogen-bond donors (Lipinski definition) is 1. The summed E-state index contributed by atoms with van der Waals surface area (Å²) in [6.45, 7) is 1.81. The zero-order valence-corrected chi connectivity index (χ0v) is 13.2. The fourth-order valence-corrected chi connectivity index (χ4v) is 2.59. The highest BCUT2D eigenvalue weighted by molar-refractivity contribution is 7.15. The molecule has 0 aliphatic rings. The van der Waals surface area contributed by atoms with Gasteiger partial charge in [0.25, 0.3) is 5.91 Å². The van der Waals surface area contributed by atoms with E-state index >= 15 is 0 Å². The number of thiophene rings is 1. The van der Waals surface area contributed by atoms with Crippen LogP contribution < -0.4 is 0 Å². The van der Waals surface area contributed by atoms with Crippen LogP contribution >= 0.6 is 11.3 Å². The Morgan fingerprint density at radius 3 is 2.43 bits per heavy atom. The van der Waals surface area contributed by atoms with Crippen molar-refractivity contribution in [3.63, 3.8) is 0 Å². The van der Waals surface area contributed by atoms with Gasteiger partial charge in [0.05, 0.1) is 11.4 Å². The first-order chi connectivity index (χ1) is 9.72. The van der Waals surface area contributed by atoms with Gasteiger partial charge in [-0.25, -0.2) is 4.79 Å². The van der Waals surface area contributed by atoms with Crippen LogP contribution in [0, 0.1) is 6.92 Å². The summed E-state index contributed by atoms with van der Waals surface area (Å²) in [7, 11) is 4.82. The highest BCUT2D eigenvalue weighted by Gasteiger charge is 2.18. The van der Waals surface area contributed by atoms with Crippen molar-refractivity contribution in [2.75, 3.05) is 27.7 Å². The van der Waals surface area contributed by atoms with E-state index in [2.05, 4.69) is 0 Å².